The third-order valence-electron chi connectivity index (χ3n) is 3.00. The van der Waals surface area contributed by atoms with E-state index in [0.717, 1.165) is 16.8 Å². The molecule has 1 aromatic heterocycles. The van der Waals surface area contributed by atoms with Gasteiger partial charge >= 0.3 is 5.97 Å². The zero-order chi connectivity index (χ0) is 13.1. The topological polar surface area (TPSA) is 55.1 Å². The van der Waals surface area contributed by atoms with E-state index in [2.05, 4.69) is 29.4 Å². The molecular weight excluding hydrogens is 228 g/mol. The van der Waals surface area contributed by atoms with Gasteiger partial charge in [0.2, 0.25) is 0 Å². The molecule has 2 aromatic rings. The predicted molar refractivity (Wildman–Crippen MR) is 69.4 cm³/mol. The lowest BCUT2D eigenvalue weighted by Gasteiger charge is -2.04. The van der Waals surface area contributed by atoms with Crippen molar-refractivity contribution >= 4 is 5.97 Å². The van der Waals surface area contributed by atoms with Crippen LogP contribution in [0.5, 0.6) is 0 Å². The first-order valence-electron chi connectivity index (χ1n) is 5.89. The minimum atomic E-state index is -0.804. The summed E-state index contributed by atoms with van der Waals surface area (Å²) in [6.45, 7) is 4.42. The Labute approximate surface area is 106 Å². The molecule has 0 amide bonds. The Morgan fingerprint density at radius 3 is 2.56 bits per heavy atom. The van der Waals surface area contributed by atoms with Crippen LogP contribution in [0, 0.1) is 13.8 Å². The number of hydrogen-bond donors (Lipinski definition) is 1. The van der Waals surface area contributed by atoms with Crippen LogP contribution in [-0.4, -0.2) is 20.9 Å². The van der Waals surface area contributed by atoms with Crippen molar-refractivity contribution in [1.82, 2.24) is 9.78 Å². The standard InChI is InChI=1S/C14H16N2O2/c1-10-3-5-12(6-4-10)13-9-15-16(11(13)2)8-7-14(17)18/h3-6,9H,7-8H2,1-2H3,(H,17,18). The quantitative estimate of drug-likeness (QED) is 0.899. The van der Waals surface area contributed by atoms with Crippen LogP contribution in [0.3, 0.4) is 0 Å². The number of benzene rings is 1. The zero-order valence-electron chi connectivity index (χ0n) is 10.6. The van der Waals surface area contributed by atoms with Crippen LogP contribution >= 0.6 is 0 Å². The minimum Gasteiger partial charge on any atom is -0.481 e. The fraction of sp³-hybridized carbons (Fsp3) is 0.286. The Kier molecular flexibility index (Phi) is 3.46. The van der Waals surface area contributed by atoms with Crippen molar-refractivity contribution in [1.29, 1.82) is 0 Å². The van der Waals surface area contributed by atoms with Gasteiger partial charge in [0.15, 0.2) is 0 Å². The molecule has 18 heavy (non-hydrogen) atoms. The highest BCUT2D eigenvalue weighted by atomic mass is 16.4. The number of hydrogen-bond acceptors (Lipinski definition) is 2. The maximum Gasteiger partial charge on any atom is 0.305 e. The summed E-state index contributed by atoms with van der Waals surface area (Å²) in [4.78, 5) is 10.6. The van der Waals surface area contributed by atoms with E-state index in [1.165, 1.54) is 5.56 Å². The molecule has 0 aliphatic rings. The van der Waals surface area contributed by atoms with Gasteiger partial charge in [-0.05, 0) is 19.4 Å². The molecule has 0 unspecified atom stereocenters. The van der Waals surface area contributed by atoms with Crippen LogP contribution < -0.4 is 0 Å². The second-order valence-electron chi connectivity index (χ2n) is 4.38. The number of nitrogens with zero attached hydrogens (tertiary/aromatic N) is 2. The number of rotatable bonds is 4. The van der Waals surface area contributed by atoms with Gasteiger partial charge < -0.3 is 5.11 Å². The van der Waals surface area contributed by atoms with Gasteiger partial charge in [0.1, 0.15) is 0 Å². The van der Waals surface area contributed by atoms with Crippen molar-refractivity contribution in [2.75, 3.05) is 0 Å². The normalized spacial score (nSPS) is 10.6. The van der Waals surface area contributed by atoms with Gasteiger partial charge in [0.25, 0.3) is 0 Å². The average Bonchev–Trinajstić information content (AvgIpc) is 2.69. The highest BCUT2D eigenvalue weighted by molar-refractivity contribution is 5.67. The number of carboxylic acids is 1. The summed E-state index contributed by atoms with van der Waals surface area (Å²) in [6.07, 6.45) is 1.89. The second kappa shape index (κ2) is 5.04. The van der Waals surface area contributed by atoms with Crippen molar-refractivity contribution in [3.63, 3.8) is 0 Å². The SMILES string of the molecule is Cc1ccc(-c2cnn(CCC(=O)O)c2C)cc1. The van der Waals surface area contributed by atoms with E-state index in [0.29, 0.717) is 6.54 Å². The summed E-state index contributed by atoms with van der Waals surface area (Å²) >= 11 is 0. The maximum absolute atomic E-state index is 10.6. The van der Waals surface area contributed by atoms with Gasteiger partial charge in [-0.2, -0.15) is 5.10 Å². The third-order valence-corrected chi connectivity index (χ3v) is 3.00. The molecule has 2 rings (SSSR count). The highest BCUT2D eigenvalue weighted by Crippen LogP contribution is 2.23. The molecule has 0 bridgehead atoms. The van der Waals surface area contributed by atoms with Gasteiger partial charge in [-0.1, -0.05) is 29.8 Å². The molecule has 1 aromatic carbocycles. The van der Waals surface area contributed by atoms with Crippen molar-refractivity contribution < 1.29 is 9.90 Å². The fourth-order valence-corrected chi connectivity index (χ4v) is 1.89. The van der Waals surface area contributed by atoms with Crippen molar-refractivity contribution in [3.8, 4) is 11.1 Å². The van der Waals surface area contributed by atoms with E-state index in [9.17, 15) is 4.79 Å². The number of aliphatic carboxylic acids is 1. The Bertz CT molecular complexity index is 556. The summed E-state index contributed by atoms with van der Waals surface area (Å²) in [7, 11) is 0. The number of carboxylic acid groups (broad SMARTS) is 1. The van der Waals surface area contributed by atoms with Crippen LogP contribution in [0.1, 0.15) is 17.7 Å². The lowest BCUT2D eigenvalue weighted by atomic mass is 10.1. The van der Waals surface area contributed by atoms with Crippen LogP contribution in [0.2, 0.25) is 0 Å². The van der Waals surface area contributed by atoms with Gasteiger partial charge in [0, 0.05) is 11.3 Å². The third kappa shape index (κ3) is 2.59. The average molecular weight is 244 g/mol. The fourth-order valence-electron chi connectivity index (χ4n) is 1.89. The van der Waals surface area contributed by atoms with E-state index in [1.807, 2.05) is 13.8 Å². The minimum absolute atomic E-state index is 0.0931. The maximum atomic E-state index is 10.6. The van der Waals surface area contributed by atoms with Crippen molar-refractivity contribution in [3.05, 3.63) is 41.7 Å². The van der Waals surface area contributed by atoms with Gasteiger partial charge in [-0.25, -0.2) is 0 Å². The zero-order valence-corrected chi connectivity index (χ0v) is 10.6. The van der Waals surface area contributed by atoms with Crippen LogP contribution in [-0.2, 0) is 11.3 Å². The Hall–Kier alpha value is -2.10. The van der Waals surface area contributed by atoms with Gasteiger partial charge in [0.05, 0.1) is 19.2 Å². The molecule has 0 radical (unpaired) electrons. The largest absolute Gasteiger partial charge is 0.481 e. The van der Waals surface area contributed by atoms with Gasteiger partial charge in [-0.3, -0.25) is 9.48 Å². The number of carbonyl (C=O) groups is 1. The molecule has 1 heterocycles. The molecule has 0 atom stereocenters. The van der Waals surface area contributed by atoms with Crippen molar-refractivity contribution in [2.45, 2.75) is 26.8 Å². The summed E-state index contributed by atoms with van der Waals surface area (Å²) < 4.78 is 1.74. The van der Waals surface area contributed by atoms with Crippen molar-refractivity contribution in [2.24, 2.45) is 0 Å². The molecule has 4 nitrogen and oxygen atoms in total. The Morgan fingerprint density at radius 1 is 1.28 bits per heavy atom. The monoisotopic (exact) mass is 244 g/mol. The lowest BCUT2D eigenvalue weighted by Crippen LogP contribution is -2.07. The second-order valence-corrected chi connectivity index (χ2v) is 4.38. The molecule has 0 aliphatic heterocycles. The van der Waals surface area contributed by atoms with Crippen LogP contribution in [0.15, 0.2) is 30.5 Å². The van der Waals surface area contributed by atoms with E-state index < -0.39 is 5.97 Å². The first kappa shape index (κ1) is 12.4. The smallest absolute Gasteiger partial charge is 0.305 e. The van der Waals surface area contributed by atoms with Gasteiger partial charge in [-0.15, -0.1) is 0 Å². The first-order valence-corrected chi connectivity index (χ1v) is 5.89. The summed E-state index contributed by atoms with van der Waals surface area (Å²) in [6, 6.07) is 8.23. The first-order chi connectivity index (χ1) is 8.58. The molecule has 0 saturated carbocycles. The summed E-state index contributed by atoms with van der Waals surface area (Å²) in [5.74, 6) is -0.804. The molecule has 4 heteroatoms. The van der Waals surface area contributed by atoms with E-state index >= 15 is 0 Å². The lowest BCUT2D eigenvalue weighted by molar-refractivity contribution is -0.137. The number of aryl methyl sites for hydroxylation is 2. The Morgan fingerprint density at radius 2 is 1.94 bits per heavy atom. The highest BCUT2D eigenvalue weighted by Gasteiger charge is 2.09. The molecule has 94 valence electrons. The van der Waals surface area contributed by atoms with Crippen LogP contribution in [0.25, 0.3) is 11.1 Å². The molecule has 0 spiro atoms. The van der Waals surface area contributed by atoms with E-state index in [-0.39, 0.29) is 6.42 Å². The molecule has 0 fully saturated rings. The van der Waals surface area contributed by atoms with E-state index in [1.54, 1.807) is 10.9 Å². The Balaban J connectivity index is 2.25. The molecule has 1 N–H and O–H groups in total. The summed E-state index contributed by atoms with van der Waals surface area (Å²) in [5, 5.41) is 12.9. The molecular formula is C14H16N2O2. The molecule has 0 saturated heterocycles. The predicted octanol–water partition coefficient (Wildman–Crippen LogP) is 2.64. The number of aromatic nitrogens is 2. The summed E-state index contributed by atoms with van der Waals surface area (Å²) in [5.41, 5.74) is 4.38. The van der Waals surface area contributed by atoms with Crippen LogP contribution in [0.4, 0.5) is 0 Å². The molecule has 0 aliphatic carbocycles. The van der Waals surface area contributed by atoms with E-state index in [4.69, 9.17) is 5.11 Å².